The topological polar surface area (TPSA) is 64.8 Å². The van der Waals surface area contributed by atoms with Crippen LogP contribution in [-0.4, -0.2) is 49.3 Å². The zero-order valence-corrected chi connectivity index (χ0v) is 11.0. The molecule has 2 N–H and O–H groups in total. The highest BCUT2D eigenvalue weighted by Gasteiger charge is 2.32. The van der Waals surface area contributed by atoms with Crippen LogP contribution < -0.4 is 5.73 Å². The summed E-state index contributed by atoms with van der Waals surface area (Å²) in [4.78, 5) is 13.6. The summed E-state index contributed by atoms with van der Waals surface area (Å²) in [5.74, 6) is -0.345. The van der Waals surface area contributed by atoms with Crippen molar-refractivity contribution in [3.8, 4) is 0 Å². The summed E-state index contributed by atoms with van der Waals surface area (Å²) < 4.78 is 10.1. The van der Waals surface area contributed by atoms with Crippen LogP contribution in [0, 0.1) is 0 Å². The van der Waals surface area contributed by atoms with E-state index in [1.54, 1.807) is 6.92 Å². The maximum Gasteiger partial charge on any atom is 0.329 e. The largest absolute Gasteiger partial charge is 0.443 e. The minimum Gasteiger partial charge on any atom is -0.443 e. The molecule has 5 nitrogen and oxygen atoms in total. The zero-order chi connectivity index (χ0) is 11.3. The Morgan fingerprint density at radius 2 is 2.27 bits per heavy atom. The molecule has 1 rings (SSSR count). The molecule has 1 saturated heterocycles. The molecule has 0 amide bonds. The molecular formula is C8H18N2O3P2. The third-order valence-corrected chi connectivity index (χ3v) is 2.93. The van der Waals surface area contributed by atoms with Crippen LogP contribution in [0.15, 0.2) is 0 Å². The van der Waals surface area contributed by atoms with Gasteiger partial charge in [-0.25, -0.2) is 4.79 Å². The molecule has 0 aliphatic carbocycles. The number of rotatable bonds is 4. The zero-order valence-electron chi connectivity index (χ0n) is 8.86. The smallest absolute Gasteiger partial charge is 0.329 e. The van der Waals surface area contributed by atoms with Crippen LogP contribution in [-0.2, 0) is 14.1 Å². The summed E-state index contributed by atoms with van der Waals surface area (Å²) in [6, 6.07) is 0. The summed E-state index contributed by atoms with van der Waals surface area (Å²) in [6.45, 7) is 5.28. The van der Waals surface area contributed by atoms with E-state index in [2.05, 4.69) is 13.8 Å². The van der Waals surface area contributed by atoms with E-state index in [0.29, 0.717) is 19.8 Å². The average Bonchev–Trinajstić information content (AvgIpc) is 2.19. The average molecular weight is 252 g/mol. The molecule has 1 fully saturated rings. The summed E-state index contributed by atoms with van der Waals surface area (Å²) in [6.07, 6.45) is 0. The Labute approximate surface area is 94.0 Å². The van der Waals surface area contributed by atoms with Crippen molar-refractivity contribution in [2.75, 3.05) is 32.8 Å². The number of hydrogen-bond donors (Lipinski definition) is 1. The lowest BCUT2D eigenvalue weighted by molar-refractivity contribution is -0.139. The first-order chi connectivity index (χ1) is 7.06. The molecule has 7 heteroatoms. The Balaban J connectivity index is 2.42. The molecule has 0 aromatic rings. The molecule has 0 saturated carbocycles. The van der Waals surface area contributed by atoms with Gasteiger partial charge in [0.1, 0.15) is 5.54 Å². The molecule has 15 heavy (non-hydrogen) atoms. The van der Waals surface area contributed by atoms with Crippen LogP contribution in [0.3, 0.4) is 0 Å². The van der Waals surface area contributed by atoms with E-state index in [1.165, 1.54) is 0 Å². The van der Waals surface area contributed by atoms with Gasteiger partial charge in [0, 0.05) is 19.6 Å². The Morgan fingerprint density at radius 1 is 1.67 bits per heavy atom. The highest BCUT2D eigenvalue weighted by molar-refractivity contribution is 8.00. The van der Waals surface area contributed by atoms with E-state index >= 15 is 0 Å². The second kappa shape index (κ2) is 6.07. The molecule has 2 unspecified atom stereocenters. The molecule has 0 bridgehead atoms. The Morgan fingerprint density at radius 3 is 2.80 bits per heavy atom. The normalized spacial score (nSPS) is 22.9. The Kier molecular flexibility index (Phi) is 5.37. The minimum atomic E-state index is -0.930. The lowest BCUT2D eigenvalue weighted by Gasteiger charge is -2.32. The second-order valence-electron chi connectivity index (χ2n) is 3.81. The van der Waals surface area contributed by atoms with E-state index < -0.39 is 5.54 Å². The molecular weight excluding hydrogens is 234 g/mol. The van der Waals surface area contributed by atoms with Crippen molar-refractivity contribution in [3.63, 3.8) is 0 Å². The number of nitrogens with two attached hydrogens (primary N) is 1. The van der Waals surface area contributed by atoms with Crippen molar-refractivity contribution < 1.29 is 14.1 Å². The van der Waals surface area contributed by atoms with Crippen LogP contribution in [0.25, 0.3) is 0 Å². The molecule has 88 valence electrons. The maximum absolute atomic E-state index is 11.5. The predicted molar refractivity (Wildman–Crippen MR) is 64.0 cm³/mol. The van der Waals surface area contributed by atoms with Crippen LogP contribution in [0.1, 0.15) is 6.92 Å². The van der Waals surface area contributed by atoms with E-state index in [1.807, 2.05) is 0 Å². The van der Waals surface area contributed by atoms with E-state index in [0.717, 1.165) is 13.1 Å². The van der Waals surface area contributed by atoms with Gasteiger partial charge in [0.05, 0.1) is 21.7 Å². The van der Waals surface area contributed by atoms with Crippen molar-refractivity contribution in [1.82, 2.24) is 4.90 Å². The van der Waals surface area contributed by atoms with Gasteiger partial charge in [-0.1, -0.05) is 8.93 Å². The third kappa shape index (κ3) is 4.29. The van der Waals surface area contributed by atoms with E-state index in [4.69, 9.17) is 15.0 Å². The van der Waals surface area contributed by atoms with Gasteiger partial charge in [-0.15, -0.1) is 0 Å². The number of hydrogen-bond acceptors (Lipinski definition) is 5. The molecule has 0 spiro atoms. The fraction of sp³-hybridized carbons (Fsp3) is 0.875. The van der Waals surface area contributed by atoms with Crippen molar-refractivity contribution in [1.29, 1.82) is 0 Å². The SMILES string of the molecule is C[C@@](N)(CN1CCOCC1)C(=O)OPP. The highest BCUT2D eigenvalue weighted by atomic mass is 32.0. The highest BCUT2D eigenvalue weighted by Crippen LogP contribution is 2.24. The molecule has 0 radical (unpaired) electrons. The van der Waals surface area contributed by atoms with Crippen molar-refractivity contribution in [2.45, 2.75) is 12.5 Å². The first kappa shape index (κ1) is 13.3. The van der Waals surface area contributed by atoms with Gasteiger partial charge in [-0.3, -0.25) is 4.90 Å². The molecule has 1 heterocycles. The van der Waals surface area contributed by atoms with Crippen LogP contribution >= 0.6 is 17.4 Å². The van der Waals surface area contributed by atoms with E-state index in [9.17, 15) is 4.79 Å². The number of ether oxygens (including phenoxy) is 1. The summed E-state index contributed by atoms with van der Waals surface area (Å²) in [7, 11) is 2.43. The first-order valence-corrected chi connectivity index (χ1v) is 7.54. The first-order valence-electron chi connectivity index (χ1n) is 4.82. The van der Waals surface area contributed by atoms with Gasteiger partial charge in [0.15, 0.2) is 0 Å². The van der Waals surface area contributed by atoms with Crippen molar-refractivity contribution >= 4 is 23.4 Å². The maximum atomic E-state index is 11.5. The monoisotopic (exact) mass is 252 g/mol. The molecule has 0 aromatic heterocycles. The van der Waals surface area contributed by atoms with Gasteiger partial charge >= 0.3 is 5.97 Å². The van der Waals surface area contributed by atoms with Crippen LogP contribution in [0.2, 0.25) is 0 Å². The second-order valence-corrected chi connectivity index (χ2v) is 4.96. The standard InChI is InChI=1S/C8H18N2O3P2/c1-8(9,7(11)13-15-14)6-10-2-4-12-5-3-10/h15H,2-6,9,14H2,1H3/t8-/m1/s1. The number of carbonyl (C=O) groups excluding carboxylic acids is 1. The van der Waals surface area contributed by atoms with Crippen molar-refractivity contribution in [2.24, 2.45) is 5.73 Å². The van der Waals surface area contributed by atoms with Crippen LogP contribution in [0.4, 0.5) is 0 Å². The molecule has 1 aliphatic heterocycles. The third-order valence-electron chi connectivity index (χ3n) is 2.27. The van der Waals surface area contributed by atoms with Gasteiger partial charge in [-0.05, 0) is 6.92 Å². The predicted octanol–water partition coefficient (Wildman–Crippen LogP) is -0.0372. The number of carbonyl (C=O) groups is 1. The van der Waals surface area contributed by atoms with Crippen molar-refractivity contribution in [3.05, 3.63) is 0 Å². The van der Waals surface area contributed by atoms with Gasteiger partial charge in [-0.2, -0.15) is 0 Å². The fourth-order valence-electron chi connectivity index (χ4n) is 1.46. The van der Waals surface area contributed by atoms with Gasteiger partial charge < -0.3 is 15.0 Å². The molecule has 3 atom stereocenters. The number of nitrogens with zero attached hydrogens (tertiary/aromatic N) is 1. The lowest BCUT2D eigenvalue weighted by atomic mass is 10.0. The Hall–Kier alpha value is 0.210. The van der Waals surface area contributed by atoms with Gasteiger partial charge in [0.2, 0.25) is 0 Å². The molecule has 1 aliphatic rings. The fourth-order valence-corrected chi connectivity index (χ4v) is 2.12. The van der Waals surface area contributed by atoms with E-state index in [-0.39, 0.29) is 14.5 Å². The summed E-state index contributed by atoms with van der Waals surface area (Å²) >= 11 is 0. The molecule has 0 aromatic carbocycles. The quantitative estimate of drug-likeness (QED) is 0.711. The Bertz CT molecular complexity index is 220. The number of morpholine rings is 1. The summed E-state index contributed by atoms with van der Waals surface area (Å²) in [5.41, 5.74) is 4.99. The lowest BCUT2D eigenvalue weighted by Crippen LogP contribution is -2.55. The summed E-state index contributed by atoms with van der Waals surface area (Å²) in [5, 5.41) is 0. The van der Waals surface area contributed by atoms with Gasteiger partial charge in [0.25, 0.3) is 0 Å². The van der Waals surface area contributed by atoms with Crippen LogP contribution in [0.5, 0.6) is 0 Å². The minimum absolute atomic E-state index is 0.0677.